The molecule has 0 unspecified atom stereocenters. The van der Waals surface area contributed by atoms with Crippen LogP contribution in [0.15, 0.2) is 21.1 Å². The van der Waals surface area contributed by atoms with Gasteiger partial charge < -0.3 is 15.2 Å². The Morgan fingerprint density at radius 1 is 1.44 bits per heavy atom. The number of alkyl halides is 2. The summed E-state index contributed by atoms with van der Waals surface area (Å²) in [7, 11) is 0. The van der Waals surface area contributed by atoms with Crippen molar-refractivity contribution in [1.82, 2.24) is 5.32 Å². The Hall–Kier alpha value is -0.890. The van der Waals surface area contributed by atoms with Crippen LogP contribution in [0.25, 0.3) is 0 Å². The molecule has 2 rings (SSSR count). The topological polar surface area (TPSA) is 58.6 Å². The van der Waals surface area contributed by atoms with E-state index in [0.717, 1.165) is 0 Å². The molecular weight excluding hydrogens is 380 g/mol. The number of ether oxygens (including phenoxy) is 1. The number of nitrogens with one attached hydrogen (secondary N) is 1. The minimum Gasteiger partial charge on any atom is -0.506 e. The third kappa shape index (κ3) is 2.44. The molecule has 0 aromatic heterocycles. The van der Waals surface area contributed by atoms with Crippen LogP contribution in [-0.4, -0.2) is 23.7 Å². The molecule has 0 saturated carbocycles. The molecule has 98 valence electrons. The van der Waals surface area contributed by atoms with E-state index < -0.39 is 24.7 Å². The second-order valence-electron chi connectivity index (χ2n) is 3.74. The molecule has 1 aromatic carbocycles. The van der Waals surface area contributed by atoms with Gasteiger partial charge >= 0.3 is 12.0 Å². The Bertz CT molecular complexity index is 510. The van der Waals surface area contributed by atoms with Gasteiger partial charge in [0.15, 0.2) is 6.61 Å². The Kier molecular flexibility index (Phi) is 3.50. The molecule has 1 amide bonds. The van der Waals surface area contributed by atoms with Crippen LogP contribution in [0, 0.1) is 0 Å². The molecule has 0 radical (unpaired) electrons. The van der Waals surface area contributed by atoms with Crippen LogP contribution in [0.4, 0.5) is 13.6 Å². The molecule has 4 nitrogen and oxygen atoms in total. The predicted octanol–water partition coefficient (Wildman–Crippen LogP) is 3.33. The monoisotopic (exact) mass is 385 g/mol. The lowest BCUT2D eigenvalue weighted by molar-refractivity contribution is -0.104. The van der Waals surface area contributed by atoms with E-state index >= 15 is 0 Å². The number of hydrogen-bond acceptors (Lipinski definition) is 3. The van der Waals surface area contributed by atoms with Crippen molar-refractivity contribution in [2.45, 2.75) is 12.0 Å². The lowest BCUT2D eigenvalue weighted by atomic mass is 9.99. The van der Waals surface area contributed by atoms with Gasteiger partial charge in [-0.2, -0.15) is 0 Å². The zero-order valence-corrected chi connectivity index (χ0v) is 11.9. The van der Waals surface area contributed by atoms with Crippen molar-refractivity contribution in [2.24, 2.45) is 0 Å². The molecule has 1 aliphatic heterocycles. The summed E-state index contributed by atoms with van der Waals surface area (Å²) in [6.45, 7) is -1.02. The lowest BCUT2D eigenvalue weighted by Gasteiger charge is -2.32. The number of amides is 1. The SMILES string of the molecule is O=C1N[C@@H](c2cc(Br)cc(Br)c2O)C(F)(F)CO1. The minimum absolute atomic E-state index is 0.0853. The molecule has 0 spiro atoms. The third-order valence-electron chi connectivity index (χ3n) is 2.45. The van der Waals surface area contributed by atoms with Crippen molar-refractivity contribution in [3.63, 3.8) is 0 Å². The number of phenolic OH excluding ortho intramolecular Hbond substituents is 1. The highest BCUT2D eigenvalue weighted by Crippen LogP contribution is 2.42. The number of hydrogen-bond donors (Lipinski definition) is 2. The van der Waals surface area contributed by atoms with Crippen LogP contribution in [0.2, 0.25) is 0 Å². The fraction of sp³-hybridized carbons (Fsp3) is 0.300. The highest BCUT2D eigenvalue weighted by molar-refractivity contribution is 9.11. The van der Waals surface area contributed by atoms with Crippen LogP contribution in [0.3, 0.4) is 0 Å². The second-order valence-corrected chi connectivity index (χ2v) is 5.51. The Morgan fingerprint density at radius 3 is 2.78 bits per heavy atom. The molecule has 1 saturated heterocycles. The molecule has 1 fully saturated rings. The number of carbonyl (C=O) groups excluding carboxylic acids is 1. The van der Waals surface area contributed by atoms with Crippen molar-refractivity contribution < 1.29 is 23.4 Å². The minimum atomic E-state index is -3.30. The highest BCUT2D eigenvalue weighted by atomic mass is 79.9. The van der Waals surface area contributed by atoms with Gasteiger partial charge in [-0.25, -0.2) is 13.6 Å². The Labute approximate surface area is 118 Å². The largest absolute Gasteiger partial charge is 0.506 e. The summed E-state index contributed by atoms with van der Waals surface area (Å²) in [4.78, 5) is 11.0. The first-order valence-corrected chi connectivity index (χ1v) is 6.39. The first kappa shape index (κ1) is 13.5. The van der Waals surface area contributed by atoms with Crippen molar-refractivity contribution in [3.05, 3.63) is 26.6 Å². The quantitative estimate of drug-likeness (QED) is 0.778. The van der Waals surface area contributed by atoms with Gasteiger partial charge in [-0.3, -0.25) is 0 Å². The van der Waals surface area contributed by atoms with Crippen LogP contribution in [0.5, 0.6) is 5.75 Å². The second kappa shape index (κ2) is 4.65. The van der Waals surface area contributed by atoms with Crippen LogP contribution in [-0.2, 0) is 4.74 Å². The predicted molar refractivity (Wildman–Crippen MR) is 65.7 cm³/mol. The van der Waals surface area contributed by atoms with Crippen molar-refractivity contribution >= 4 is 38.0 Å². The van der Waals surface area contributed by atoms with E-state index in [4.69, 9.17) is 0 Å². The molecule has 8 heteroatoms. The normalized spacial score (nSPS) is 22.2. The van der Waals surface area contributed by atoms with Crippen molar-refractivity contribution in [2.75, 3.05) is 6.61 Å². The van der Waals surface area contributed by atoms with E-state index in [1.807, 2.05) is 5.32 Å². The third-order valence-corrected chi connectivity index (χ3v) is 3.51. The van der Waals surface area contributed by atoms with Crippen LogP contribution in [0.1, 0.15) is 11.6 Å². The first-order chi connectivity index (χ1) is 8.31. The molecule has 1 aromatic rings. The molecule has 18 heavy (non-hydrogen) atoms. The van der Waals surface area contributed by atoms with Gasteiger partial charge in [0.05, 0.1) is 4.47 Å². The average Bonchev–Trinajstić information content (AvgIpc) is 2.27. The standard InChI is InChI=1S/C10H7Br2F2NO3/c11-4-1-5(7(16)6(12)2-4)8-10(13,14)3-18-9(17)15-8/h1-2,8,16H,3H2,(H,15,17)/t8-/m0/s1. The zero-order valence-electron chi connectivity index (χ0n) is 8.71. The number of phenols is 1. The number of cyclic esters (lactones) is 1. The number of aromatic hydroxyl groups is 1. The molecule has 1 aliphatic rings. The van der Waals surface area contributed by atoms with Gasteiger partial charge in [-0.05, 0) is 28.1 Å². The maximum absolute atomic E-state index is 13.7. The van der Waals surface area contributed by atoms with E-state index in [0.29, 0.717) is 4.47 Å². The number of benzene rings is 1. The van der Waals surface area contributed by atoms with Crippen molar-refractivity contribution in [3.8, 4) is 5.75 Å². The molecule has 1 heterocycles. The summed E-state index contributed by atoms with van der Waals surface area (Å²) in [5, 5.41) is 11.8. The summed E-state index contributed by atoms with van der Waals surface area (Å²) in [5.74, 6) is -3.64. The van der Waals surface area contributed by atoms with E-state index in [1.54, 1.807) is 0 Å². The number of carbonyl (C=O) groups is 1. The van der Waals surface area contributed by atoms with E-state index in [1.165, 1.54) is 12.1 Å². The molecule has 0 aliphatic carbocycles. The first-order valence-electron chi connectivity index (χ1n) is 4.80. The van der Waals surface area contributed by atoms with E-state index in [-0.39, 0.29) is 15.8 Å². The smallest absolute Gasteiger partial charge is 0.408 e. The van der Waals surface area contributed by atoms with Gasteiger partial charge in [-0.1, -0.05) is 15.9 Å². The summed E-state index contributed by atoms with van der Waals surface area (Å²) in [5.41, 5.74) is -0.0853. The fourth-order valence-electron chi connectivity index (χ4n) is 1.62. The van der Waals surface area contributed by atoms with Crippen LogP contribution < -0.4 is 5.32 Å². The maximum atomic E-state index is 13.7. The molecule has 1 atom stereocenters. The zero-order chi connectivity index (χ0) is 13.5. The number of alkyl carbamates (subject to hydrolysis) is 1. The van der Waals surface area contributed by atoms with Gasteiger partial charge in [0.1, 0.15) is 11.8 Å². The van der Waals surface area contributed by atoms with Gasteiger partial charge in [-0.15, -0.1) is 0 Å². The fourth-order valence-corrected chi connectivity index (χ4v) is 2.88. The molecule has 2 N–H and O–H groups in total. The summed E-state index contributed by atoms with van der Waals surface area (Å²) in [6.07, 6.45) is -0.943. The van der Waals surface area contributed by atoms with Crippen molar-refractivity contribution in [1.29, 1.82) is 0 Å². The number of rotatable bonds is 1. The maximum Gasteiger partial charge on any atom is 0.408 e. The summed E-state index contributed by atoms with van der Waals surface area (Å²) >= 11 is 6.18. The number of halogens is 4. The lowest BCUT2D eigenvalue weighted by Crippen LogP contribution is -2.49. The summed E-state index contributed by atoms with van der Waals surface area (Å²) in [6, 6.07) is 1.20. The van der Waals surface area contributed by atoms with Gasteiger partial charge in [0.25, 0.3) is 0 Å². The molecule has 0 bridgehead atoms. The summed E-state index contributed by atoms with van der Waals surface area (Å²) < 4.78 is 32.4. The van der Waals surface area contributed by atoms with Gasteiger partial charge in [0.2, 0.25) is 0 Å². The van der Waals surface area contributed by atoms with E-state index in [9.17, 15) is 18.7 Å². The van der Waals surface area contributed by atoms with Crippen LogP contribution >= 0.6 is 31.9 Å². The van der Waals surface area contributed by atoms with E-state index in [2.05, 4.69) is 36.6 Å². The average molecular weight is 387 g/mol. The van der Waals surface area contributed by atoms with Gasteiger partial charge in [0, 0.05) is 10.0 Å². The highest BCUT2D eigenvalue weighted by Gasteiger charge is 2.48. The molecular formula is C10H7Br2F2NO3. The Balaban J connectivity index is 2.49. The Morgan fingerprint density at radius 2 is 2.11 bits per heavy atom.